The minimum Gasteiger partial charge on any atom is -0.149 e. The third kappa shape index (κ3) is 1.51. The van der Waals surface area contributed by atoms with Crippen LogP contribution < -0.4 is 0 Å². The highest BCUT2D eigenvalue weighted by Crippen LogP contribution is 2.26. The van der Waals surface area contributed by atoms with Crippen molar-refractivity contribution in [2.24, 2.45) is 0 Å². The van der Waals surface area contributed by atoms with Gasteiger partial charge in [0, 0.05) is 4.88 Å². The van der Waals surface area contributed by atoms with Crippen LogP contribution >= 0.6 is 11.3 Å². The lowest BCUT2D eigenvalue weighted by Crippen LogP contribution is -1.84. The SMILES string of the molecule is Cc1cc(C2=CC=CCC2)cs1. The molecule has 0 amide bonds. The molecule has 0 spiro atoms. The van der Waals surface area contributed by atoms with E-state index in [9.17, 15) is 0 Å². The van der Waals surface area contributed by atoms with Gasteiger partial charge in [0.1, 0.15) is 0 Å². The van der Waals surface area contributed by atoms with Crippen molar-refractivity contribution in [2.75, 3.05) is 0 Å². The standard InChI is InChI=1S/C11H12S/c1-9-7-11(8-12-9)10-5-3-2-4-6-10/h2-3,5,7-8H,4,6H2,1H3. The molecule has 0 atom stereocenters. The van der Waals surface area contributed by atoms with E-state index < -0.39 is 0 Å². The normalized spacial score (nSPS) is 16.2. The number of hydrogen-bond donors (Lipinski definition) is 0. The van der Waals surface area contributed by atoms with Gasteiger partial charge in [0.25, 0.3) is 0 Å². The molecule has 12 heavy (non-hydrogen) atoms. The second-order valence-electron chi connectivity index (χ2n) is 3.10. The average Bonchev–Trinajstić information content (AvgIpc) is 2.54. The van der Waals surface area contributed by atoms with E-state index in [2.05, 4.69) is 36.6 Å². The topological polar surface area (TPSA) is 0 Å². The van der Waals surface area contributed by atoms with E-state index >= 15 is 0 Å². The van der Waals surface area contributed by atoms with Gasteiger partial charge in [-0.05, 0) is 42.3 Å². The minimum absolute atomic E-state index is 1.20. The van der Waals surface area contributed by atoms with Crippen LogP contribution in [0.3, 0.4) is 0 Å². The molecule has 0 bridgehead atoms. The first-order chi connectivity index (χ1) is 5.86. The molecule has 0 radical (unpaired) electrons. The van der Waals surface area contributed by atoms with Crippen LogP contribution in [0.1, 0.15) is 23.3 Å². The minimum atomic E-state index is 1.20. The zero-order valence-electron chi connectivity index (χ0n) is 7.21. The van der Waals surface area contributed by atoms with Crippen LogP contribution in [0, 0.1) is 6.92 Å². The lowest BCUT2D eigenvalue weighted by molar-refractivity contribution is 1.06. The van der Waals surface area contributed by atoms with Gasteiger partial charge in [0.15, 0.2) is 0 Å². The van der Waals surface area contributed by atoms with Gasteiger partial charge in [-0.15, -0.1) is 11.3 Å². The van der Waals surface area contributed by atoms with E-state index in [0.717, 1.165) is 0 Å². The van der Waals surface area contributed by atoms with Crippen LogP contribution in [0.4, 0.5) is 0 Å². The molecule has 62 valence electrons. The summed E-state index contributed by atoms with van der Waals surface area (Å²) in [6.45, 7) is 2.16. The molecule has 2 rings (SSSR count). The predicted molar refractivity (Wildman–Crippen MR) is 55.4 cm³/mol. The molecule has 0 unspecified atom stereocenters. The molecule has 0 saturated carbocycles. The van der Waals surface area contributed by atoms with Crippen LogP contribution in [0.2, 0.25) is 0 Å². The Kier molecular flexibility index (Phi) is 2.13. The fourth-order valence-electron chi connectivity index (χ4n) is 1.45. The molecule has 1 aliphatic carbocycles. The first kappa shape index (κ1) is 7.81. The van der Waals surface area contributed by atoms with Crippen LogP contribution in [-0.2, 0) is 0 Å². The molecule has 0 nitrogen and oxygen atoms in total. The Morgan fingerprint density at radius 3 is 2.92 bits per heavy atom. The fraction of sp³-hybridized carbons (Fsp3) is 0.273. The van der Waals surface area contributed by atoms with Crippen LogP contribution in [-0.4, -0.2) is 0 Å². The van der Waals surface area contributed by atoms with Crippen molar-refractivity contribution in [2.45, 2.75) is 19.8 Å². The lowest BCUT2D eigenvalue weighted by atomic mass is 10.00. The smallest absolute Gasteiger partial charge is 0.00204 e. The predicted octanol–water partition coefficient (Wildman–Crippen LogP) is 3.79. The van der Waals surface area contributed by atoms with Gasteiger partial charge in [0.05, 0.1) is 0 Å². The number of allylic oxidation sites excluding steroid dienone is 4. The highest BCUT2D eigenvalue weighted by atomic mass is 32.1. The van der Waals surface area contributed by atoms with Gasteiger partial charge in [-0.3, -0.25) is 0 Å². The molecule has 1 aromatic heterocycles. The third-order valence-electron chi connectivity index (χ3n) is 2.12. The highest BCUT2D eigenvalue weighted by Gasteiger charge is 2.03. The van der Waals surface area contributed by atoms with E-state index in [0.29, 0.717) is 0 Å². The van der Waals surface area contributed by atoms with Crippen molar-refractivity contribution < 1.29 is 0 Å². The van der Waals surface area contributed by atoms with Crippen molar-refractivity contribution in [3.05, 3.63) is 40.1 Å². The maximum absolute atomic E-state index is 2.27. The molecule has 1 heterocycles. The van der Waals surface area contributed by atoms with Gasteiger partial charge < -0.3 is 0 Å². The Morgan fingerprint density at radius 1 is 1.42 bits per heavy atom. The molecule has 0 fully saturated rings. The Hall–Kier alpha value is -0.820. The largest absolute Gasteiger partial charge is 0.149 e. The molecular formula is C11H12S. The number of rotatable bonds is 1. The number of hydrogen-bond acceptors (Lipinski definition) is 1. The molecule has 0 saturated heterocycles. The first-order valence-corrected chi connectivity index (χ1v) is 5.15. The van der Waals surface area contributed by atoms with Gasteiger partial charge in [0.2, 0.25) is 0 Å². The molecule has 1 heteroatoms. The van der Waals surface area contributed by atoms with Crippen molar-refractivity contribution in [3.63, 3.8) is 0 Å². The Bertz CT molecular complexity index is 329. The van der Waals surface area contributed by atoms with Gasteiger partial charge in [-0.1, -0.05) is 18.2 Å². The summed E-state index contributed by atoms with van der Waals surface area (Å²) in [5.74, 6) is 0. The van der Waals surface area contributed by atoms with E-state index in [-0.39, 0.29) is 0 Å². The second-order valence-corrected chi connectivity index (χ2v) is 4.22. The summed E-state index contributed by atoms with van der Waals surface area (Å²) in [4.78, 5) is 1.40. The van der Waals surface area contributed by atoms with Crippen molar-refractivity contribution in [1.82, 2.24) is 0 Å². The van der Waals surface area contributed by atoms with Gasteiger partial charge in [-0.2, -0.15) is 0 Å². The Balaban J connectivity index is 2.30. The zero-order valence-corrected chi connectivity index (χ0v) is 8.03. The summed E-state index contributed by atoms with van der Waals surface area (Å²) in [5, 5.41) is 2.25. The Labute approximate surface area is 77.2 Å². The number of aryl methyl sites for hydroxylation is 1. The third-order valence-corrected chi connectivity index (χ3v) is 2.98. The molecule has 1 aliphatic rings. The summed E-state index contributed by atoms with van der Waals surface area (Å²) in [5.41, 5.74) is 2.91. The summed E-state index contributed by atoms with van der Waals surface area (Å²) >= 11 is 1.83. The summed E-state index contributed by atoms with van der Waals surface area (Å²) in [6, 6.07) is 2.27. The molecule has 0 N–H and O–H groups in total. The van der Waals surface area contributed by atoms with Gasteiger partial charge in [-0.25, -0.2) is 0 Å². The maximum Gasteiger partial charge on any atom is 0.00204 e. The van der Waals surface area contributed by atoms with Crippen molar-refractivity contribution in [3.8, 4) is 0 Å². The number of thiophene rings is 1. The summed E-state index contributed by atoms with van der Waals surface area (Å²) < 4.78 is 0. The molecule has 0 aliphatic heterocycles. The molecule has 1 aromatic rings. The monoisotopic (exact) mass is 176 g/mol. The summed E-state index contributed by atoms with van der Waals surface area (Å²) in [6.07, 6.45) is 9.01. The fourth-order valence-corrected chi connectivity index (χ4v) is 2.18. The molecule has 0 aromatic carbocycles. The van der Waals surface area contributed by atoms with E-state index in [1.165, 1.54) is 28.9 Å². The zero-order chi connectivity index (χ0) is 8.39. The highest BCUT2D eigenvalue weighted by molar-refractivity contribution is 7.10. The van der Waals surface area contributed by atoms with E-state index in [1.54, 1.807) is 0 Å². The first-order valence-electron chi connectivity index (χ1n) is 4.27. The van der Waals surface area contributed by atoms with Crippen molar-refractivity contribution in [1.29, 1.82) is 0 Å². The van der Waals surface area contributed by atoms with Crippen LogP contribution in [0.5, 0.6) is 0 Å². The van der Waals surface area contributed by atoms with Crippen LogP contribution in [0.25, 0.3) is 5.57 Å². The van der Waals surface area contributed by atoms with Crippen molar-refractivity contribution >= 4 is 16.9 Å². The van der Waals surface area contributed by atoms with E-state index in [1.807, 2.05) is 11.3 Å². The van der Waals surface area contributed by atoms with Crippen LogP contribution in [0.15, 0.2) is 29.7 Å². The average molecular weight is 176 g/mol. The van der Waals surface area contributed by atoms with Gasteiger partial charge >= 0.3 is 0 Å². The lowest BCUT2D eigenvalue weighted by Gasteiger charge is -2.05. The maximum atomic E-state index is 2.27. The summed E-state index contributed by atoms with van der Waals surface area (Å²) in [7, 11) is 0. The second kappa shape index (κ2) is 3.28. The quantitative estimate of drug-likeness (QED) is 0.610. The molecular weight excluding hydrogens is 164 g/mol. The Morgan fingerprint density at radius 2 is 2.33 bits per heavy atom. The van der Waals surface area contributed by atoms with E-state index in [4.69, 9.17) is 0 Å².